The molecule has 0 unspecified atom stereocenters. The molecule has 5 rings (SSSR count). The predicted molar refractivity (Wildman–Crippen MR) is 137 cm³/mol. The Morgan fingerprint density at radius 2 is 1.77 bits per heavy atom. The number of fused-ring (bicyclic) bond motifs is 2. The van der Waals surface area contributed by atoms with Crippen LogP contribution < -0.4 is 10.0 Å². The number of carboxylic acid groups (broad SMARTS) is 1. The SMILES string of the molecule is CN(C(=O)C1(CC(=O)[O-])Cc2ccccc2C1)c1nc2ccc([C@H]3C[C@@H](C[N+](C)(C)C)C3)cc2s1. The number of hydrogen-bond donors (Lipinski definition) is 0. The monoisotopic (exact) mass is 491 g/mol. The number of anilines is 1. The zero-order valence-corrected chi connectivity index (χ0v) is 21.7. The van der Waals surface area contributed by atoms with Crippen LogP contribution in [-0.2, 0) is 22.4 Å². The van der Waals surface area contributed by atoms with Gasteiger partial charge in [-0.1, -0.05) is 41.7 Å². The second-order valence-electron chi connectivity index (χ2n) is 11.5. The van der Waals surface area contributed by atoms with Gasteiger partial charge in [0, 0.05) is 25.4 Å². The minimum Gasteiger partial charge on any atom is -0.550 e. The first kappa shape index (κ1) is 23.9. The summed E-state index contributed by atoms with van der Waals surface area (Å²) in [5.74, 6) is -0.0482. The van der Waals surface area contributed by atoms with Crippen molar-refractivity contribution in [1.29, 1.82) is 0 Å². The highest BCUT2D eigenvalue weighted by atomic mass is 32.1. The summed E-state index contributed by atoms with van der Waals surface area (Å²) in [6, 6.07) is 14.3. The van der Waals surface area contributed by atoms with Gasteiger partial charge in [-0.25, -0.2) is 4.98 Å². The summed E-state index contributed by atoms with van der Waals surface area (Å²) in [4.78, 5) is 31.7. The maximum absolute atomic E-state index is 13.7. The molecule has 0 atom stereocenters. The number of nitrogens with zero attached hydrogens (tertiary/aromatic N) is 3. The molecule has 0 aliphatic heterocycles. The summed E-state index contributed by atoms with van der Waals surface area (Å²) in [7, 11) is 8.45. The van der Waals surface area contributed by atoms with Crippen LogP contribution in [0.2, 0.25) is 0 Å². The number of benzene rings is 2. The van der Waals surface area contributed by atoms with Gasteiger partial charge in [-0.05, 0) is 60.4 Å². The van der Waals surface area contributed by atoms with E-state index in [1.807, 2.05) is 24.3 Å². The van der Waals surface area contributed by atoms with Crippen LogP contribution in [-0.4, -0.2) is 56.1 Å². The Kier molecular flexibility index (Phi) is 5.96. The van der Waals surface area contributed by atoms with Crippen LogP contribution >= 0.6 is 11.3 Å². The van der Waals surface area contributed by atoms with Crippen molar-refractivity contribution in [2.24, 2.45) is 11.3 Å². The van der Waals surface area contributed by atoms with E-state index in [2.05, 4.69) is 39.3 Å². The third-order valence-corrected chi connectivity index (χ3v) is 8.71. The number of aromatic nitrogens is 1. The third-order valence-electron chi connectivity index (χ3n) is 7.62. The van der Waals surface area contributed by atoms with Crippen molar-refractivity contribution in [2.45, 2.75) is 38.0 Å². The number of aliphatic carboxylic acids is 1. The normalized spacial score (nSPS) is 20.9. The highest BCUT2D eigenvalue weighted by molar-refractivity contribution is 7.22. The van der Waals surface area contributed by atoms with Gasteiger partial charge in [-0.15, -0.1) is 0 Å². The molecule has 1 heterocycles. The van der Waals surface area contributed by atoms with E-state index >= 15 is 0 Å². The number of quaternary nitrogens is 1. The smallest absolute Gasteiger partial charge is 0.235 e. The standard InChI is InChI=1S/C28H33N3O3S/c1-30(26(34)28(16-25(32)33)14-20-7-5-6-8-21(20)15-28)27-29-23-10-9-19(13-24(23)35-27)22-11-18(12-22)17-31(2,3)4/h5-10,13,18,22H,11-12,14-17H2,1-4H3/t18-,22+. The molecule has 184 valence electrons. The van der Waals surface area contributed by atoms with Gasteiger partial charge in [0.05, 0.1) is 43.3 Å². The molecule has 0 spiro atoms. The molecule has 2 aromatic carbocycles. The van der Waals surface area contributed by atoms with Gasteiger partial charge in [0.25, 0.3) is 0 Å². The zero-order valence-electron chi connectivity index (χ0n) is 20.9. The third kappa shape index (κ3) is 4.71. The summed E-state index contributed by atoms with van der Waals surface area (Å²) in [6.07, 6.45) is 2.96. The topological polar surface area (TPSA) is 73.3 Å². The molecule has 2 aliphatic rings. The Labute approximate surface area is 210 Å². The highest BCUT2D eigenvalue weighted by Gasteiger charge is 2.46. The van der Waals surface area contributed by atoms with E-state index < -0.39 is 11.4 Å². The van der Waals surface area contributed by atoms with Crippen molar-refractivity contribution in [3.05, 3.63) is 59.2 Å². The molecule has 0 saturated heterocycles. The average molecular weight is 492 g/mol. The second-order valence-corrected chi connectivity index (χ2v) is 12.6. The molecular weight excluding hydrogens is 458 g/mol. The van der Waals surface area contributed by atoms with E-state index in [1.54, 1.807) is 11.9 Å². The lowest BCUT2D eigenvalue weighted by molar-refractivity contribution is -0.874. The molecule has 2 aliphatic carbocycles. The molecule has 6 nitrogen and oxygen atoms in total. The Bertz CT molecular complexity index is 1260. The quantitative estimate of drug-likeness (QED) is 0.475. The fourth-order valence-electron chi connectivity index (χ4n) is 6.02. The summed E-state index contributed by atoms with van der Waals surface area (Å²) < 4.78 is 2.07. The molecule has 0 N–H and O–H groups in total. The average Bonchev–Trinajstić information content (AvgIpc) is 3.34. The van der Waals surface area contributed by atoms with Crippen molar-refractivity contribution in [3.63, 3.8) is 0 Å². The molecule has 1 amide bonds. The lowest BCUT2D eigenvalue weighted by Gasteiger charge is -2.39. The minimum atomic E-state index is -1.20. The largest absolute Gasteiger partial charge is 0.550 e. The predicted octanol–water partition coefficient (Wildman–Crippen LogP) is 3.38. The van der Waals surface area contributed by atoms with E-state index in [9.17, 15) is 14.7 Å². The van der Waals surface area contributed by atoms with E-state index in [1.165, 1.54) is 36.3 Å². The van der Waals surface area contributed by atoms with Crippen LogP contribution in [0.3, 0.4) is 0 Å². The molecule has 1 saturated carbocycles. The van der Waals surface area contributed by atoms with Crippen molar-refractivity contribution in [2.75, 3.05) is 39.6 Å². The van der Waals surface area contributed by atoms with Gasteiger partial charge < -0.3 is 14.4 Å². The minimum absolute atomic E-state index is 0.209. The van der Waals surface area contributed by atoms with E-state index in [0.717, 1.165) is 31.7 Å². The number of carbonyl (C=O) groups is 2. The van der Waals surface area contributed by atoms with Gasteiger partial charge in [-0.2, -0.15) is 0 Å². The molecule has 1 fully saturated rings. The molecule has 3 aromatic rings. The van der Waals surface area contributed by atoms with Gasteiger partial charge >= 0.3 is 0 Å². The first-order valence-corrected chi connectivity index (χ1v) is 13.1. The van der Waals surface area contributed by atoms with Crippen molar-refractivity contribution in [3.8, 4) is 0 Å². The van der Waals surface area contributed by atoms with Crippen molar-refractivity contribution < 1.29 is 19.2 Å². The fourth-order valence-corrected chi connectivity index (χ4v) is 7.00. The summed E-state index contributed by atoms with van der Waals surface area (Å²) >= 11 is 1.50. The summed E-state index contributed by atoms with van der Waals surface area (Å²) in [6.45, 7) is 1.20. The first-order valence-electron chi connectivity index (χ1n) is 12.3. The Morgan fingerprint density at radius 1 is 1.11 bits per heavy atom. The van der Waals surface area contributed by atoms with Crippen LogP contribution in [0, 0.1) is 11.3 Å². The van der Waals surface area contributed by atoms with Gasteiger partial charge in [0.2, 0.25) is 5.91 Å². The molecule has 7 heteroatoms. The fraction of sp³-hybridized carbons (Fsp3) is 0.464. The molecule has 0 bridgehead atoms. The number of amides is 1. The van der Waals surface area contributed by atoms with Crippen molar-refractivity contribution in [1.82, 2.24) is 4.98 Å². The molecule has 1 aromatic heterocycles. The Balaban J connectivity index is 1.35. The molecular formula is C28H33N3O3S. The second kappa shape index (κ2) is 8.71. The lowest BCUT2D eigenvalue weighted by atomic mass is 9.71. The highest BCUT2D eigenvalue weighted by Crippen LogP contribution is 2.45. The number of carbonyl (C=O) groups excluding carboxylic acids is 2. The number of thiazole rings is 1. The summed E-state index contributed by atoms with van der Waals surface area (Å²) in [5.41, 5.74) is 3.26. The zero-order chi connectivity index (χ0) is 25.0. The van der Waals surface area contributed by atoms with Crippen LogP contribution in [0.15, 0.2) is 42.5 Å². The van der Waals surface area contributed by atoms with Crippen LogP contribution in [0.25, 0.3) is 10.2 Å². The van der Waals surface area contributed by atoms with Crippen LogP contribution in [0.5, 0.6) is 0 Å². The van der Waals surface area contributed by atoms with Gasteiger partial charge in [0.15, 0.2) is 5.13 Å². The van der Waals surface area contributed by atoms with Crippen LogP contribution in [0.4, 0.5) is 5.13 Å². The molecule has 35 heavy (non-hydrogen) atoms. The van der Waals surface area contributed by atoms with Crippen LogP contribution in [0.1, 0.15) is 41.9 Å². The van der Waals surface area contributed by atoms with E-state index in [-0.39, 0.29) is 12.3 Å². The van der Waals surface area contributed by atoms with Gasteiger partial charge in [0.1, 0.15) is 0 Å². The summed E-state index contributed by atoms with van der Waals surface area (Å²) in [5, 5.41) is 12.3. The molecule has 0 radical (unpaired) electrons. The van der Waals surface area contributed by atoms with Crippen molar-refractivity contribution >= 4 is 38.6 Å². The Morgan fingerprint density at radius 3 is 2.37 bits per heavy atom. The van der Waals surface area contributed by atoms with E-state index in [4.69, 9.17) is 4.98 Å². The first-order chi connectivity index (χ1) is 16.5. The Hall–Kier alpha value is -2.77. The maximum Gasteiger partial charge on any atom is 0.235 e. The maximum atomic E-state index is 13.7. The van der Waals surface area contributed by atoms with Gasteiger partial charge in [-0.3, -0.25) is 9.69 Å². The van der Waals surface area contributed by atoms with E-state index in [0.29, 0.717) is 23.9 Å². The number of carboxylic acids is 1. The lowest BCUT2D eigenvalue weighted by Crippen LogP contribution is -2.46. The number of hydrogen-bond acceptors (Lipinski definition) is 5. The number of rotatable bonds is 7.